The number of nitrogens with one attached hydrogen (secondary N) is 2. The van der Waals surface area contributed by atoms with Gasteiger partial charge in [0.05, 0.1) is 5.02 Å². The van der Waals surface area contributed by atoms with Crippen LogP contribution in [-0.4, -0.2) is 112 Å². The van der Waals surface area contributed by atoms with Gasteiger partial charge < -0.3 is 35.6 Å². The van der Waals surface area contributed by atoms with E-state index in [0.717, 1.165) is 25.3 Å². The fraction of sp³-hybridized carbons (Fsp3) is 0.500. The molecular formula is C28H32ClF3N6O7S. The van der Waals surface area contributed by atoms with Crippen LogP contribution in [0.3, 0.4) is 0 Å². The van der Waals surface area contributed by atoms with Crippen LogP contribution in [0.4, 0.5) is 23.8 Å². The Hall–Kier alpha value is -3.35. The Morgan fingerprint density at radius 3 is 2.37 bits per heavy atom. The molecule has 2 aromatic rings. The highest BCUT2D eigenvalue weighted by molar-refractivity contribution is 7.99. The van der Waals surface area contributed by atoms with Crippen molar-refractivity contribution in [2.75, 3.05) is 50.5 Å². The highest BCUT2D eigenvalue weighted by Gasteiger charge is 2.77. The zero-order valence-electron chi connectivity index (χ0n) is 24.6. The standard InChI is InChI=1S/C28H32ClF3N6O7S/c1-25(22(40)35-24(42)36-25)20(39)26(43)15-3-5-16(6-4-15)44-14-13-37-9-11-38(12-10-37)19-18(17(29)7-8-34-19)45-23(41)27(26,33)28(31,32)21(30)46-2/h3-8,20-21,39,43H,9-14,33H2,1-2H3,(H2,35,36,40,42). The summed E-state index contributed by atoms with van der Waals surface area (Å²) in [5.74, 6) is -8.72. The van der Waals surface area contributed by atoms with Gasteiger partial charge in [0.1, 0.15) is 24.0 Å². The molecule has 0 aliphatic carbocycles. The zero-order chi connectivity index (χ0) is 33.7. The Morgan fingerprint density at radius 1 is 1.13 bits per heavy atom. The summed E-state index contributed by atoms with van der Waals surface area (Å²) < 4.78 is 59.7. The van der Waals surface area contributed by atoms with Crippen LogP contribution in [0.5, 0.6) is 11.5 Å². The first-order valence-electron chi connectivity index (χ1n) is 14.1. The van der Waals surface area contributed by atoms with Gasteiger partial charge in [0.2, 0.25) is 11.0 Å². The number of amides is 3. The minimum Gasteiger partial charge on any atom is -0.492 e. The van der Waals surface area contributed by atoms with E-state index in [4.69, 9.17) is 26.8 Å². The largest absolute Gasteiger partial charge is 0.492 e. The maximum Gasteiger partial charge on any atom is 0.341 e. The number of imide groups is 1. The number of nitrogens with zero attached hydrogens (tertiary/aromatic N) is 3. The summed E-state index contributed by atoms with van der Waals surface area (Å²) in [6, 6.07) is 4.62. The van der Waals surface area contributed by atoms with E-state index < -0.39 is 63.4 Å². The Bertz CT molecular complexity index is 1520. The number of esters is 1. The molecule has 13 nitrogen and oxygen atoms in total. The molecule has 1 aromatic heterocycles. The number of nitrogens with two attached hydrogens (primary N) is 1. The van der Waals surface area contributed by atoms with Crippen molar-refractivity contribution >= 4 is 47.1 Å². The van der Waals surface area contributed by atoms with Crippen molar-refractivity contribution in [1.29, 1.82) is 0 Å². The number of urea groups is 1. The molecule has 0 spiro atoms. The topological polar surface area (TPSA) is 180 Å². The predicted molar refractivity (Wildman–Crippen MR) is 161 cm³/mol. The summed E-state index contributed by atoms with van der Waals surface area (Å²) in [6.45, 7) is 3.40. The summed E-state index contributed by atoms with van der Waals surface area (Å²) in [5.41, 5.74) is -8.18. The number of ether oxygens (including phenoxy) is 2. The number of piperazine rings is 1. The quantitative estimate of drug-likeness (QED) is 0.223. The normalized spacial score (nSPS) is 30.1. The van der Waals surface area contributed by atoms with Gasteiger partial charge in [0.15, 0.2) is 17.2 Å². The second kappa shape index (κ2) is 12.4. The monoisotopic (exact) mass is 688 g/mol. The average Bonchev–Trinajstić information content (AvgIpc) is 3.31. The third-order valence-electron chi connectivity index (χ3n) is 8.63. The second-order valence-electron chi connectivity index (χ2n) is 11.3. The van der Waals surface area contributed by atoms with E-state index in [1.807, 2.05) is 5.32 Å². The average molecular weight is 689 g/mol. The van der Waals surface area contributed by atoms with Crippen molar-refractivity contribution in [3.8, 4) is 11.5 Å². The van der Waals surface area contributed by atoms with E-state index in [-0.39, 0.29) is 35.0 Å². The van der Waals surface area contributed by atoms with Gasteiger partial charge in [0.25, 0.3) is 5.91 Å². The van der Waals surface area contributed by atoms with Crippen LogP contribution in [-0.2, 0) is 15.2 Å². The maximum atomic E-state index is 16.5. The number of rotatable bonds is 5. The number of hydrogen-bond donors (Lipinski definition) is 5. The van der Waals surface area contributed by atoms with Crippen molar-refractivity contribution in [1.82, 2.24) is 20.5 Å². The fourth-order valence-corrected chi connectivity index (χ4v) is 6.49. The van der Waals surface area contributed by atoms with E-state index in [9.17, 15) is 24.6 Å². The number of carbonyl (C=O) groups excluding carboxylic acids is 3. The smallest absolute Gasteiger partial charge is 0.341 e. The van der Waals surface area contributed by atoms with Crippen molar-refractivity contribution in [2.24, 2.45) is 5.73 Å². The number of pyridine rings is 1. The lowest BCUT2D eigenvalue weighted by atomic mass is 9.64. The Morgan fingerprint density at radius 2 is 1.78 bits per heavy atom. The summed E-state index contributed by atoms with van der Waals surface area (Å²) in [7, 11) is 0. The lowest BCUT2D eigenvalue weighted by molar-refractivity contribution is -0.235. The molecule has 5 atom stereocenters. The number of anilines is 1. The van der Waals surface area contributed by atoms with Gasteiger partial charge in [-0.3, -0.25) is 15.0 Å². The molecule has 8 rings (SSSR count). The molecule has 5 unspecified atom stereocenters. The predicted octanol–water partition coefficient (Wildman–Crippen LogP) is 0.993. The maximum absolute atomic E-state index is 16.5. The van der Waals surface area contributed by atoms with Crippen molar-refractivity contribution in [3.05, 3.63) is 47.1 Å². The highest BCUT2D eigenvalue weighted by Crippen LogP contribution is 2.51. The number of aliphatic hydroxyl groups is 2. The first-order chi connectivity index (χ1) is 21.6. The molecule has 3 amide bonds. The number of benzene rings is 1. The van der Waals surface area contributed by atoms with Gasteiger partial charge in [0, 0.05) is 38.9 Å². The third kappa shape index (κ3) is 5.32. The van der Waals surface area contributed by atoms with Crippen LogP contribution in [0.15, 0.2) is 36.5 Å². The summed E-state index contributed by atoms with van der Waals surface area (Å²) in [6.07, 6.45) is -0.555. The van der Waals surface area contributed by atoms with Crippen LogP contribution < -0.4 is 30.7 Å². The van der Waals surface area contributed by atoms with Crippen LogP contribution in [0, 0.1) is 0 Å². The van der Waals surface area contributed by atoms with Gasteiger partial charge in [-0.05, 0) is 36.9 Å². The van der Waals surface area contributed by atoms with E-state index in [1.54, 1.807) is 4.90 Å². The van der Waals surface area contributed by atoms with Crippen molar-refractivity contribution in [2.45, 2.75) is 41.1 Å². The molecule has 2 saturated heterocycles. The van der Waals surface area contributed by atoms with E-state index in [1.165, 1.54) is 24.4 Å². The summed E-state index contributed by atoms with van der Waals surface area (Å²) >= 11 is 6.36. The molecule has 4 bridgehead atoms. The third-order valence-corrected chi connectivity index (χ3v) is 9.64. The SMILES string of the molecule is CSC(F)C(F)(F)C1(N)C(=O)Oc2c(Cl)ccnc2N2CCN(CCOc3ccc(cc3)C1(O)C(O)C1(C)NC(=O)NC1=O)CC2. The number of carbonyl (C=O) groups is 3. The number of aliphatic hydroxyl groups excluding tert-OH is 1. The molecule has 7 heterocycles. The molecule has 6 aliphatic rings. The minimum atomic E-state index is -5.03. The molecule has 0 saturated carbocycles. The van der Waals surface area contributed by atoms with Gasteiger partial charge in [-0.1, -0.05) is 23.7 Å². The number of thioether (sulfide) groups is 1. The molecule has 0 radical (unpaired) electrons. The van der Waals surface area contributed by atoms with E-state index >= 15 is 13.2 Å². The zero-order valence-corrected chi connectivity index (χ0v) is 26.2. The Labute approximate surface area is 270 Å². The number of hydrogen-bond acceptors (Lipinski definition) is 12. The molecule has 18 heteroatoms. The van der Waals surface area contributed by atoms with Crippen LogP contribution >= 0.6 is 23.4 Å². The van der Waals surface area contributed by atoms with Gasteiger partial charge in [-0.25, -0.2) is 19.0 Å². The van der Waals surface area contributed by atoms with Crippen molar-refractivity contribution in [3.63, 3.8) is 0 Å². The fourth-order valence-electron chi connectivity index (χ4n) is 5.83. The second-order valence-corrected chi connectivity index (χ2v) is 12.6. The van der Waals surface area contributed by atoms with Crippen LogP contribution in [0.1, 0.15) is 12.5 Å². The van der Waals surface area contributed by atoms with Crippen molar-refractivity contribution < 1.29 is 47.2 Å². The lowest BCUT2D eigenvalue weighted by Gasteiger charge is -2.51. The van der Waals surface area contributed by atoms with Gasteiger partial charge in [-0.15, -0.1) is 11.8 Å². The first-order valence-corrected chi connectivity index (χ1v) is 15.7. The van der Waals surface area contributed by atoms with Gasteiger partial charge in [-0.2, -0.15) is 8.78 Å². The molecule has 1 aromatic carbocycles. The molecule has 6 N–H and O–H groups in total. The molecule has 2 fully saturated rings. The highest BCUT2D eigenvalue weighted by atomic mass is 35.5. The molecular weight excluding hydrogens is 657 g/mol. The number of aromatic nitrogens is 1. The number of halogens is 4. The first kappa shape index (κ1) is 34.0. The summed E-state index contributed by atoms with van der Waals surface area (Å²) in [5, 5.41) is 27.9. The Kier molecular flexibility index (Phi) is 9.13. The summed E-state index contributed by atoms with van der Waals surface area (Å²) in [4.78, 5) is 47.4. The minimum absolute atomic E-state index is 0.0178. The Balaban J connectivity index is 1.78. The van der Waals surface area contributed by atoms with E-state index in [2.05, 4.69) is 15.2 Å². The molecule has 6 aliphatic heterocycles. The molecule has 46 heavy (non-hydrogen) atoms. The van der Waals surface area contributed by atoms with Gasteiger partial charge >= 0.3 is 17.9 Å². The lowest BCUT2D eigenvalue weighted by Crippen LogP contribution is -2.81. The van der Waals surface area contributed by atoms with Crippen LogP contribution in [0.25, 0.3) is 0 Å². The molecule has 250 valence electrons. The number of alkyl halides is 3. The van der Waals surface area contributed by atoms with E-state index in [0.29, 0.717) is 32.7 Å². The van der Waals surface area contributed by atoms with Crippen LogP contribution in [0.2, 0.25) is 5.02 Å².